The third-order valence-corrected chi connectivity index (χ3v) is 6.94. The molecule has 0 radical (unpaired) electrons. The summed E-state index contributed by atoms with van der Waals surface area (Å²) in [5.74, 6) is 2.02. The van der Waals surface area contributed by atoms with Crippen LogP contribution in [0.15, 0.2) is 22.3 Å². The highest BCUT2D eigenvalue weighted by Crippen LogP contribution is 2.58. The molecular weight excluding hydrogens is 300 g/mol. The average Bonchev–Trinajstić information content (AvgIpc) is 2.90. The number of fused-ring (bicyclic) bond motifs is 2. The lowest BCUT2D eigenvalue weighted by atomic mass is 9.52. The van der Waals surface area contributed by atoms with E-state index in [1.54, 1.807) is 6.26 Å². The molecule has 3 nitrogen and oxygen atoms in total. The molecule has 0 unspecified atom stereocenters. The number of furan rings is 1. The molecule has 3 rings (SSSR count). The van der Waals surface area contributed by atoms with Gasteiger partial charge in [0, 0.05) is 6.42 Å². The fraction of sp³-hybridized carbons (Fsp3) is 0.667. The van der Waals surface area contributed by atoms with Crippen LogP contribution in [0.5, 0.6) is 0 Å². The second-order valence-corrected chi connectivity index (χ2v) is 8.33. The van der Waals surface area contributed by atoms with E-state index >= 15 is 0 Å². The van der Waals surface area contributed by atoms with Crippen molar-refractivity contribution < 1.29 is 14.3 Å². The predicted octanol–water partition coefficient (Wildman–Crippen LogP) is 4.77. The van der Waals surface area contributed by atoms with Gasteiger partial charge < -0.3 is 9.52 Å². The van der Waals surface area contributed by atoms with Gasteiger partial charge in [-0.3, -0.25) is 4.79 Å². The van der Waals surface area contributed by atoms with Gasteiger partial charge in [-0.05, 0) is 79.9 Å². The predicted molar refractivity (Wildman–Crippen MR) is 94.6 cm³/mol. The minimum Gasteiger partial charge on any atom is -0.466 e. The van der Waals surface area contributed by atoms with Gasteiger partial charge in [-0.25, -0.2) is 0 Å². The normalized spacial score (nSPS) is 36.2. The van der Waals surface area contributed by atoms with Crippen LogP contribution in [0, 0.1) is 30.1 Å². The first-order valence-electron chi connectivity index (χ1n) is 9.19. The molecule has 0 amide bonds. The highest BCUT2D eigenvalue weighted by atomic mass is 16.4. The number of aryl methyl sites for hydroxylation is 1. The van der Waals surface area contributed by atoms with Crippen LogP contribution < -0.4 is 0 Å². The summed E-state index contributed by atoms with van der Waals surface area (Å²) < 4.78 is 5.67. The summed E-state index contributed by atoms with van der Waals surface area (Å²) in [6, 6.07) is 0. The molecule has 0 aliphatic heterocycles. The summed E-state index contributed by atoms with van der Waals surface area (Å²) in [4.78, 5) is 12.3. The number of rotatable bonds is 3. The van der Waals surface area contributed by atoms with Crippen molar-refractivity contribution in [2.45, 2.75) is 66.4 Å². The van der Waals surface area contributed by atoms with Crippen molar-refractivity contribution in [1.29, 1.82) is 0 Å². The number of aliphatic hydroxyl groups excluding tert-OH is 1. The molecule has 1 aromatic rings. The highest BCUT2D eigenvalue weighted by molar-refractivity contribution is 5.94. The van der Waals surface area contributed by atoms with Crippen LogP contribution in [0.4, 0.5) is 0 Å². The van der Waals surface area contributed by atoms with E-state index in [9.17, 15) is 9.90 Å². The molecule has 132 valence electrons. The molecule has 5 atom stereocenters. The molecule has 1 N–H and O–H groups in total. The molecule has 3 heteroatoms. The fourth-order valence-electron chi connectivity index (χ4n) is 4.93. The zero-order chi connectivity index (χ0) is 17.6. The van der Waals surface area contributed by atoms with E-state index in [-0.39, 0.29) is 17.1 Å². The Kier molecular flexibility index (Phi) is 4.50. The summed E-state index contributed by atoms with van der Waals surface area (Å²) in [5, 5.41) is 11.0. The molecule has 24 heavy (non-hydrogen) atoms. The van der Waals surface area contributed by atoms with Gasteiger partial charge in [-0.15, -0.1) is 0 Å². The topological polar surface area (TPSA) is 50.4 Å². The third kappa shape index (κ3) is 2.67. The maximum Gasteiger partial charge on any atom is 0.158 e. The van der Waals surface area contributed by atoms with Gasteiger partial charge in [0.1, 0.15) is 11.9 Å². The van der Waals surface area contributed by atoms with Crippen LogP contribution in [-0.2, 0) is 11.2 Å². The second-order valence-electron chi connectivity index (χ2n) is 8.33. The molecule has 1 heterocycles. The van der Waals surface area contributed by atoms with Gasteiger partial charge in [-0.2, -0.15) is 0 Å². The van der Waals surface area contributed by atoms with Crippen LogP contribution in [0.2, 0.25) is 0 Å². The van der Waals surface area contributed by atoms with E-state index < -0.39 is 6.10 Å². The Morgan fingerprint density at radius 3 is 2.83 bits per heavy atom. The van der Waals surface area contributed by atoms with Crippen LogP contribution in [0.3, 0.4) is 0 Å². The average molecular weight is 330 g/mol. The first-order chi connectivity index (χ1) is 11.3. The molecule has 1 saturated carbocycles. The van der Waals surface area contributed by atoms with Gasteiger partial charge in [0.15, 0.2) is 5.78 Å². The lowest BCUT2D eigenvalue weighted by molar-refractivity contribution is -0.119. The lowest BCUT2D eigenvalue weighted by Gasteiger charge is -2.53. The first-order valence-corrected chi connectivity index (χ1v) is 9.19. The van der Waals surface area contributed by atoms with Gasteiger partial charge in [0.25, 0.3) is 0 Å². The summed E-state index contributed by atoms with van der Waals surface area (Å²) >= 11 is 0. The van der Waals surface area contributed by atoms with Gasteiger partial charge >= 0.3 is 0 Å². The van der Waals surface area contributed by atoms with Crippen molar-refractivity contribution in [1.82, 2.24) is 0 Å². The molecule has 0 saturated heterocycles. The number of carbonyl (C=O) groups excluding carboxylic acids is 1. The Bertz CT molecular complexity index is 669. The van der Waals surface area contributed by atoms with E-state index in [1.807, 2.05) is 19.9 Å². The van der Waals surface area contributed by atoms with E-state index in [0.717, 1.165) is 36.2 Å². The van der Waals surface area contributed by atoms with Gasteiger partial charge in [-0.1, -0.05) is 19.9 Å². The van der Waals surface area contributed by atoms with Crippen molar-refractivity contribution in [3.63, 3.8) is 0 Å². The number of hydrogen-bond donors (Lipinski definition) is 1. The number of allylic oxidation sites excluding steroid dienone is 2. The molecule has 1 fully saturated rings. The third-order valence-electron chi connectivity index (χ3n) is 6.94. The summed E-state index contributed by atoms with van der Waals surface area (Å²) in [6.07, 6.45) is 6.67. The molecule has 1 aromatic heterocycles. The maximum atomic E-state index is 12.3. The Morgan fingerprint density at radius 2 is 2.17 bits per heavy atom. The summed E-state index contributed by atoms with van der Waals surface area (Å²) in [7, 11) is 0. The number of hydrogen-bond acceptors (Lipinski definition) is 3. The number of aliphatic hydroxyl groups is 1. The minimum atomic E-state index is -0.546. The fourth-order valence-corrected chi connectivity index (χ4v) is 4.93. The second kappa shape index (κ2) is 6.18. The monoisotopic (exact) mass is 330 g/mol. The SMILES string of the molecule is CC=C(C)C(=O)C[C@H]1C[C@@H]2[C@@H](O)c3occ(C)c3C[C@]2(C)[C@@H](C)C1. The largest absolute Gasteiger partial charge is 0.466 e. The van der Waals surface area contributed by atoms with Gasteiger partial charge in [0.2, 0.25) is 0 Å². The smallest absolute Gasteiger partial charge is 0.158 e. The zero-order valence-electron chi connectivity index (χ0n) is 15.6. The van der Waals surface area contributed by atoms with Crippen LogP contribution in [0.25, 0.3) is 0 Å². The van der Waals surface area contributed by atoms with Crippen molar-refractivity contribution >= 4 is 5.78 Å². The molecule has 0 bridgehead atoms. The Balaban J connectivity index is 1.85. The van der Waals surface area contributed by atoms with Crippen molar-refractivity contribution in [3.05, 3.63) is 34.8 Å². The van der Waals surface area contributed by atoms with E-state index in [2.05, 4.69) is 20.8 Å². The first kappa shape index (κ1) is 17.5. The quantitative estimate of drug-likeness (QED) is 0.812. The van der Waals surface area contributed by atoms with E-state index in [1.165, 1.54) is 5.56 Å². The Labute approximate surface area is 145 Å². The Hall–Kier alpha value is -1.35. The van der Waals surface area contributed by atoms with Crippen molar-refractivity contribution in [3.8, 4) is 0 Å². The molecule has 2 aliphatic carbocycles. The minimum absolute atomic E-state index is 0.0796. The van der Waals surface area contributed by atoms with Crippen LogP contribution >= 0.6 is 0 Å². The molecule has 0 aromatic carbocycles. The van der Waals surface area contributed by atoms with Gasteiger partial charge in [0.05, 0.1) is 6.26 Å². The zero-order valence-corrected chi connectivity index (χ0v) is 15.6. The summed E-state index contributed by atoms with van der Waals surface area (Å²) in [5.41, 5.74) is 3.28. The number of Topliss-reactive ketones (excluding diaryl/α,β-unsaturated/α-hetero) is 1. The standard InChI is InChI=1S/C21H30O3/c1-6-12(2)18(22)9-15-7-14(4)21(5)10-16-13(3)11-24-20(16)19(23)17(21)8-15/h6,11,14-15,17,19,23H,7-10H2,1-5H3/t14-,15+,17+,19+,21+/m0/s1. The maximum absolute atomic E-state index is 12.3. The van der Waals surface area contributed by atoms with Crippen LogP contribution in [-0.4, -0.2) is 10.9 Å². The van der Waals surface area contributed by atoms with E-state index in [0.29, 0.717) is 18.3 Å². The lowest BCUT2D eigenvalue weighted by Crippen LogP contribution is -2.47. The van der Waals surface area contributed by atoms with Crippen molar-refractivity contribution in [2.75, 3.05) is 0 Å². The van der Waals surface area contributed by atoms with Crippen molar-refractivity contribution in [2.24, 2.45) is 23.2 Å². The summed E-state index contributed by atoms with van der Waals surface area (Å²) in [6.45, 7) is 10.5. The number of carbonyl (C=O) groups is 1. The number of ketones is 1. The van der Waals surface area contributed by atoms with Crippen LogP contribution in [0.1, 0.15) is 69.9 Å². The highest BCUT2D eigenvalue weighted by Gasteiger charge is 2.52. The molecule has 2 aliphatic rings. The molecular formula is C21H30O3. The molecule has 0 spiro atoms. The van der Waals surface area contributed by atoms with E-state index in [4.69, 9.17) is 4.42 Å². The Morgan fingerprint density at radius 1 is 1.46 bits per heavy atom.